The summed E-state index contributed by atoms with van der Waals surface area (Å²) in [6.07, 6.45) is 1.48. The van der Waals surface area contributed by atoms with Gasteiger partial charge < -0.3 is 4.74 Å². The lowest BCUT2D eigenvalue weighted by atomic mass is 10.3. The summed E-state index contributed by atoms with van der Waals surface area (Å²) < 4.78 is 5.54. The van der Waals surface area contributed by atoms with Crippen molar-refractivity contribution in [3.05, 3.63) is 51.1 Å². The molecule has 94 valence electrons. The fourth-order valence-corrected chi connectivity index (χ4v) is 2.06. The van der Waals surface area contributed by atoms with Crippen LogP contribution < -0.4 is 4.74 Å². The van der Waals surface area contributed by atoms with Gasteiger partial charge in [-0.15, -0.1) is 11.6 Å². The van der Waals surface area contributed by atoms with Crippen LogP contribution in [0.4, 0.5) is 0 Å². The predicted molar refractivity (Wildman–Crippen MR) is 75.3 cm³/mol. The molecule has 2 rings (SSSR count). The maximum absolute atomic E-state index is 5.99. The molecule has 0 aliphatic carbocycles. The SMILES string of the molecule is ClCc1cc(Oc2cc(Cl)ccc2Cl)ncc1Cl. The first kappa shape index (κ1) is 13.8. The van der Waals surface area contributed by atoms with Crippen molar-refractivity contribution in [2.45, 2.75) is 5.88 Å². The van der Waals surface area contributed by atoms with Crippen LogP contribution in [0.25, 0.3) is 0 Å². The Bertz CT molecular complexity index is 574. The van der Waals surface area contributed by atoms with Gasteiger partial charge in [-0.05, 0) is 17.7 Å². The van der Waals surface area contributed by atoms with E-state index >= 15 is 0 Å². The highest BCUT2D eigenvalue weighted by Gasteiger charge is 2.07. The standard InChI is InChI=1S/C12H7Cl4NO/c13-5-7-3-12(17-6-10(7)16)18-11-4-8(14)1-2-9(11)15/h1-4,6H,5H2. The number of rotatable bonds is 3. The molecule has 1 heterocycles. The number of pyridine rings is 1. The fraction of sp³-hybridized carbons (Fsp3) is 0.0833. The highest BCUT2D eigenvalue weighted by Crippen LogP contribution is 2.32. The van der Waals surface area contributed by atoms with Crippen molar-refractivity contribution >= 4 is 46.4 Å². The Morgan fingerprint density at radius 3 is 2.56 bits per heavy atom. The number of hydrogen-bond donors (Lipinski definition) is 0. The summed E-state index contributed by atoms with van der Waals surface area (Å²) in [5.74, 6) is 1.07. The van der Waals surface area contributed by atoms with Crippen LogP contribution in [0.2, 0.25) is 15.1 Å². The van der Waals surface area contributed by atoms with Gasteiger partial charge in [-0.25, -0.2) is 4.98 Å². The van der Waals surface area contributed by atoms with Gasteiger partial charge in [0.1, 0.15) is 5.75 Å². The van der Waals surface area contributed by atoms with Gasteiger partial charge in [-0.1, -0.05) is 34.8 Å². The molecular weight excluding hydrogens is 316 g/mol. The van der Waals surface area contributed by atoms with E-state index in [1.165, 1.54) is 6.20 Å². The van der Waals surface area contributed by atoms with Gasteiger partial charge >= 0.3 is 0 Å². The highest BCUT2D eigenvalue weighted by molar-refractivity contribution is 6.34. The average Bonchev–Trinajstić information content (AvgIpc) is 2.36. The Hall–Kier alpha value is -0.670. The maximum Gasteiger partial charge on any atom is 0.219 e. The number of alkyl halides is 1. The van der Waals surface area contributed by atoms with Gasteiger partial charge in [0.05, 0.1) is 10.0 Å². The minimum atomic E-state index is 0.279. The Morgan fingerprint density at radius 1 is 1.06 bits per heavy atom. The second kappa shape index (κ2) is 5.98. The minimum absolute atomic E-state index is 0.279. The van der Waals surface area contributed by atoms with Crippen molar-refractivity contribution in [1.29, 1.82) is 0 Å². The number of ether oxygens (including phenoxy) is 1. The van der Waals surface area contributed by atoms with Gasteiger partial charge in [0.2, 0.25) is 5.88 Å². The largest absolute Gasteiger partial charge is 0.437 e. The quantitative estimate of drug-likeness (QED) is 0.689. The zero-order valence-corrected chi connectivity index (χ0v) is 12.0. The number of halogens is 4. The van der Waals surface area contributed by atoms with Crippen LogP contribution in [0.15, 0.2) is 30.5 Å². The Labute approximate surface area is 124 Å². The van der Waals surface area contributed by atoms with E-state index in [2.05, 4.69) is 4.98 Å². The topological polar surface area (TPSA) is 22.1 Å². The van der Waals surface area contributed by atoms with Crippen molar-refractivity contribution in [1.82, 2.24) is 4.98 Å². The van der Waals surface area contributed by atoms with E-state index in [4.69, 9.17) is 51.1 Å². The van der Waals surface area contributed by atoms with Gasteiger partial charge in [0.25, 0.3) is 0 Å². The molecule has 18 heavy (non-hydrogen) atoms. The van der Waals surface area contributed by atoms with Crippen LogP contribution in [-0.2, 0) is 5.88 Å². The Morgan fingerprint density at radius 2 is 1.83 bits per heavy atom. The van der Waals surface area contributed by atoms with E-state index in [1.807, 2.05) is 0 Å². The number of aromatic nitrogens is 1. The summed E-state index contributed by atoms with van der Waals surface area (Å²) in [5, 5.41) is 1.47. The van der Waals surface area contributed by atoms with Crippen molar-refractivity contribution < 1.29 is 4.74 Å². The van der Waals surface area contributed by atoms with E-state index in [-0.39, 0.29) is 5.88 Å². The third kappa shape index (κ3) is 3.21. The lowest BCUT2D eigenvalue weighted by molar-refractivity contribution is 0.462. The summed E-state index contributed by atoms with van der Waals surface area (Å²) in [6, 6.07) is 6.60. The highest BCUT2D eigenvalue weighted by atomic mass is 35.5. The molecular formula is C12H7Cl4NO. The van der Waals surface area contributed by atoms with Crippen LogP contribution in [0.3, 0.4) is 0 Å². The van der Waals surface area contributed by atoms with Crippen LogP contribution in [0.5, 0.6) is 11.6 Å². The summed E-state index contributed by atoms with van der Waals surface area (Å²) in [7, 11) is 0. The summed E-state index contributed by atoms with van der Waals surface area (Å²) in [6.45, 7) is 0. The second-order valence-corrected chi connectivity index (χ2v) is 4.94. The molecule has 0 amide bonds. The van der Waals surface area contributed by atoms with Crippen LogP contribution >= 0.6 is 46.4 Å². The molecule has 2 aromatic rings. The number of nitrogens with zero attached hydrogens (tertiary/aromatic N) is 1. The summed E-state index contributed by atoms with van der Waals surface area (Å²) >= 11 is 23.5. The molecule has 6 heteroatoms. The molecule has 0 aliphatic heterocycles. The minimum Gasteiger partial charge on any atom is -0.437 e. The Kier molecular flexibility index (Phi) is 4.57. The predicted octanol–water partition coefficient (Wildman–Crippen LogP) is 5.57. The molecule has 1 aromatic heterocycles. The van der Waals surface area contributed by atoms with Crippen molar-refractivity contribution in [3.8, 4) is 11.6 Å². The van der Waals surface area contributed by atoms with Gasteiger partial charge in [0.15, 0.2) is 0 Å². The molecule has 0 unspecified atom stereocenters. The summed E-state index contributed by atoms with van der Waals surface area (Å²) in [4.78, 5) is 4.04. The first-order valence-electron chi connectivity index (χ1n) is 4.93. The van der Waals surface area contributed by atoms with E-state index < -0.39 is 0 Å². The zero-order chi connectivity index (χ0) is 13.1. The molecule has 0 bridgehead atoms. The van der Waals surface area contributed by atoms with E-state index in [9.17, 15) is 0 Å². The Balaban J connectivity index is 2.31. The molecule has 2 nitrogen and oxygen atoms in total. The number of hydrogen-bond acceptors (Lipinski definition) is 2. The molecule has 0 atom stereocenters. The molecule has 0 spiro atoms. The van der Waals surface area contributed by atoms with Crippen LogP contribution in [-0.4, -0.2) is 4.98 Å². The average molecular weight is 323 g/mol. The van der Waals surface area contributed by atoms with Crippen LogP contribution in [0.1, 0.15) is 5.56 Å². The first-order valence-corrected chi connectivity index (χ1v) is 6.60. The molecule has 0 fully saturated rings. The molecule has 0 aliphatic rings. The van der Waals surface area contributed by atoms with Crippen molar-refractivity contribution in [2.24, 2.45) is 0 Å². The third-order valence-electron chi connectivity index (χ3n) is 2.16. The van der Waals surface area contributed by atoms with Crippen LogP contribution in [0, 0.1) is 0 Å². The van der Waals surface area contributed by atoms with Crippen molar-refractivity contribution in [3.63, 3.8) is 0 Å². The smallest absolute Gasteiger partial charge is 0.219 e. The second-order valence-electron chi connectivity index (χ2n) is 3.42. The van der Waals surface area contributed by atoms with Gasteiger partial charge in [-0.2, -0.15) is 0 Å². The lowest BCUT2D eigenvalue weighted by Gasteiger charge is -2.08. The molecule has 0 saturated carbocycles. The monoisotopic (exact) mass is 321 g/mol. The van der Waals surface area contributed by atoms with E-state index in [0.29, 0.717) is 26.7 Å². The lowest BCUT2D eigenvalue weighted by Crippen LogP contribution is -1.91. The molecule has 0 radical (unpaired) electrons. The zero-order valence-electron chi connectivity index (χ0n) is 8.96. The van der Waals surface area contributed by atoms with E-state index in [1.54, 1.807) is 24.3 Å². The maximum atomic E-state index is 5.99. The fourth-order valence-electron chi connectivity index (χ4n) is 1.28. The molecule has 1 aromatic carbocycles. The summed E-state index contributed by atoms with van der Waals surface area (Å²) in [5.41, 5.74) is 0.737. The molecule has 0 N–H and O–H groups in total. The normalized spacial score (nSPS) is 10.4. The molecule has 0 saturated heterocycles. The van der Waals surface area contributed by atoms with Gasteiger partial charge in [-0.3, -0.25) is 0 Å². The number of benzene rings is 1. The van der Waals surface area contributed by atoms with Crippen molar-refractivity contribution in [2.75, 3.05) is 0 Å². The third-order valence-corrected chi connectivity index (χ3v) is 3.34. The first-order chi connectivity index (χ1) is 8.60. The van der Waals surface area contributed by atoms with Gasteiger partial charge in [0, 0.05) is 29.2 Å². The van der Waals surface area contributed by atoms with E-state index in [0.717, 1.165) is 5.56 Å².